The largest absolute Gasteiger partial charge is 0.372 e. The van der Waals surface area contributed by atoms with Crippen LogP contribution in [0.5, 0.6) is 0 Å². The minimum absolute atomic E-state index is 0.779. The van der Waals surface area contributed by atoms with Gasteiger partial charge in [-0.1, -0.05) is 0 Å². The molecule has 0 spiro atoms. The van der Waals surface area contributed by atoms with Crippen LogP contribution in [-0.4, -0.2) is 24.1 Å². The van der Waals surface area contributed by atoms with Crippen LogP contribution in [0.4, 0.5) is 11.6 Å². The molecule has 0 unspecified atom stereocenters. The maximum Gasteiger partial charge on any atom is 0.149 e. The molecule has 0 fully saturated rings. The summed E-state index contributed by atoms with van der Waals surface area (Å²) in [6, 6.07) is 2.12. The van der Waals surface area contributed by atoms with Crippen molar-refractivity contribution in [1.29, 1.82) is 0 Å². The predicted molar refractivity (Wildman–Crippen MR) is 75.7 cm³/mol. The molecule has 0 aliphatic heterocycles. The van der Waals surface area contributed by atoms with Crippen LogP contribution in [0.25, 0.3) is 0 Å². The van der Waals surface area contributed by atoms with Gasteiger partial charge >= 0.3 is 0 Å². The van der Waals surface area contributed by atoms with E-state index in [1.165, 1.54) is 5.56 Å². The van der Waals surface area contributed by atoms with Crippen LogP contribution in [-0.2, 0) is 6.54 Å². The van der Waals surface area contributed by atoms with E-state index in [1.807, 2.05) is 14.1 Å². The van der Waals surface area contributed by atoms with Crippen LogP contribution in [0, 0.1) is 0 Å². The maximum absolute atomic E-state index is 4.44. The fourth-order valence-corrected chi connectivity index (χ4v) is 2.64. The van der Waals surface area contributed by atoms with Crippen LogP contribution < -0.4 is 10.2 Å². The van der Waals surface area contributed by atoms with Crippen molar-refractivity contribution in [2.45, 2.75) is 6.54 Å². The number of halogens is 1. The molecule has 6 heteroatoms. The molecule has 2 heterocycles. The summed E-state index contributed by atoms with van der Waals surface area (Å²) < 4.78 is 1.15. The molecule has 1 N–H and O–H groups in total. The van der Waals surface area contributed by atoms with E-state index in [2.05, 4.69) is 47.6 Å². The molecule has 0 aromatic carbocycles. The van der Waals surface area contributed by atoms with Gasteiger partial charge in [-0.2, -0.15) is 0 Å². The van der Waals surface area contributed by atoms with E-state index in [-0.39, 0.29) is 0 Å². The Morgan fingerprint density at radius 1 is 1.47 bits per heavy atom. The number of anilines is 2. The summed E-state index contributed by atoms with van der Waals surface area (Å²) in [5.74, 6) is 1.64. The van der Waals surface area contributed by atoms with Crippen molar-refractivity contribution in [2.75, 3.05) is 24.3 Å². The average molecular weight is 313 g/mol. The molecule has 0 aliphatic rings. The number of nitrogens with zero attached hydrogens (tertiary/aromatic N) is 3. The van der Waals surface area contributed by atoms with Crippen LogP contribution >= 0.6 is 27.3 Å². The molecule has 2 aromatic rings. The molecular weight excluding hydrogens is 300 g/mol. The van der Waals surface area contributed by atoms with Crippen molar-refractivity contribution < 1.29 is 0 Å². The Morgan fingerprint density at radius 2 is 2.29 bits per heavy atom. The van der Waals surface area contributed by atoms with E-state index in [1.54, 1.807) is 23.7 Å². The first kappa shape index (κ1) is 12.3. The van der Waals surface area contributed by atoms with Gasteiger partial charge in [0.2, 0.25) is 0 Å². The molecule has 0 bridgehead atoms. The smallest absolute Gasteiger partial charge is 0.149 e. The zero-order valence-electron chi connectivity index (χ0n) is 9.64. The summed E-state index contributed by atoms with van der Waals surface area (Å²) >= 11 is 5.15. The Bertz CT molecular complexity index is 500. The summed E-state index contributed by atoms with van der Waals surface area (Å²) in [5.41, 5.74) is 1.26. The Morgan fingerprint density at radius 3 is 2.94 bits per heavy atom. The predicted octanol–water partition coefficient (Wildman–Crippen LogP) is 2.98. The number of hydrogen-bond acceptors (Lipinski definition) is 5. The second-order valence-corrected chi connectivity index (χ2v) is 5.92. The third kappa shape index (κ3) is 3.17. The lowest BCUT2D eigenvalue weighted by molar-refractivity contribution is 0.894. The highest BCUT2D eigenvalue weighted by molar-refractivity contribution is 9.11. The average Bonchev–Trinajstić information content (AvgIpc) is 2.75. The van der Waals surface area contributed by atoms with Crippen molar-refractivity contribution in [3.63, 3.8) is 0 Å². The SMILES string of the molecule is CNc1cncc(N(C)Cc2csc(Br)c2)n1. The van der Waals surface area contributed by atoms with Gasteiger partial charge < -0.3 is 10.2 Å². The lowest BCUT2D eigenvalue weighted by atomic mass is 10.3. The molecule has 2 aromatic heterocycles. The minimum Gasteiger partial charge on any atom is -0.372 e. The molecule has 0 radical (unpaired) electrons. The van der Waals surface area contributed by atoms with Gasteiger partial charge in [0.1, 0.15) is 11.6 Å². The van der Waals surface area contributed by atoms with Gasteiger partial charge in [0, 0.05) is 20.6 Å². The monoisotopic (exact) mass is 312 g/mol. The van der Waals surface area contributed by atoms with Crippen LogP contribution in [0.15, 0.2) is 27.6 Å². The lowest BCUT2D eigenvalue weighted by Crippen LogP contribution is -2.17. The van der Waals surface area contributed by atoms with Crippen LogP contribution in [0.1, 0.15) is 5.56 Å². The first-order chi connectivity index (χ1) is 8.19. The van der Waals surface area contributed by atoms with Gasteiger partial charge in [0.25, 0.3) is 0 Å². The van der Waals surface area contributed by atoms with Crippen molar-refractivity contribution in [2.24, 2.45) is 0 Å². The number of hydrogen-bond donors (Lipinski definition) is 1. The van der Waals surface area contributed by atoms with E-state index in [9.17, 15) is 0 Å². The summed E-state index contributed by atoms with van der Waals surface area (Å²) in [5, 5.41) is 5.12. The zero-order valence-corrected chi connectivity index (χ0v) is 12.0. The van der Waals surface area contributed by atoms with Gasteiger partial charge in [0.05, 0.1) is 16.2 Å². The third-order valence-electron chi connectivity index (χ3n) is 2.31. The van der Waals surface area contributed by atoms with Crippen molar-refractivity contribution in [3.8, 4) is 0 Å². The molecule has 0 aliphatic carbocycles. The highest BCUT2D eigenvalue weighted by Gasteiger charge is 2.06. The molecule has 90 valence electrons. The first-order valence-corrected chi connectivity index (χ1v) is 6.80. The first-order valence-electron chi connectivity index (χ1n) is 5.13. The number of aromatic nitrogens is 2. The van der Waals surface area contributed by atoms with Gasteiger partial charge in [-0.25, -0.2) is 4.98 Å². The van der Waals surface area contributed by atoms with E-state index in [0.29, 0.717) is 0 Å². The Hall–Kier alpha value is -1.14. The maximum atomic E-state index is 4.44. The second-order valence-electron chi connectivity index (χ2n) is 3.63. The number of nitrogens with one attached hydrogen (secondary N) is 1. The Balaban J connectivity index is 2.11. The standard InChI is InChI=1S/C11H13BrN4S/c1-13-10-4-14-5-11(15-10)16(2)6-8-3-9(12)17-7-8/h3-5,7H,6H2,1-2H3,(H,13,15). The molecule has 0 saturated heterocycles. The van der Waals surface area contributed by atoms with E-state index >= 15 is 0 Å². The van der Waals surface area contributed by atoms with Crippen molar-refractivity contribution in [3.05, 3.63) is 33.2 Å². The van der Waals surface area contributed by atoms with Crippen molar-refractivity contribution in [1.82, 2.24) is 9.97 Å². The summed E-state index contributed by atoms with van der Waals surface area (Å²) in [4.78, 5) is 10.7. The van der Waals surface area contributed by atoms with Gasteiger partial charge in [-0.15, -0.1) is 11.3 Å². The van der Waals surface area contributed by atoms with Gasteiger partial charge in [-0.05, 0) is 32.9 Å². The molecule has 17 heavy (non-hydrogen) atoms. The molecule has 0 amide bonds. The summed E-state index contributed by atoms with van der Waals surface area (Å²) in [6.45, 7) is 0.823. The molecule has 0 atom stereocenters. The minimum atomic E-state index is 0.779. The highest BCUT2D eigenvalue weighted by atomic mass is 79.9. The quantitative estimate of drug-likeness (QED) is 0.942. The molecule has 0 saturated carbocycles. The fourth-order valence-electron chi connectivity index (χ4n) is 1.44. The Labute approximate surface area is 113 Å². The molecule has 4 nitrogen and oxygen atoms in total. The van der Waals surface area contributed by atoms with Crippen LogP contribution in [0.2, 0.25) is 0 Å². The van der Waals surface area contributed by atoms with Gasteiger partial charge in [0.15, 0.2) is 0 Å². The van der Waals surface area contributed by atoms with E-state index in [4.69, 9.17) is 0 Å². The summed E-state index contributed by atoms with van der Waals surface area (Å²) in [6.07, 6.45) is 3.47. The zero-order chi connectivity index (χ0) is 12.3. The second kappa shape index (κ2) is 5.46. The molecular formula is C11H13BrN4S. The summed E-state index contributed by atoms with van der Waals surface area (Å²) in [7, 11) is 3.85. The molecule has 2 rings (SSSR count). The number of rotatable bonds is 4. The lowest BCUT2D eigenvalue weighted by Gasteiger charge is -2.17. The van der Waals surface area contributed by atoms with Crippen LogP contribution in [0.3, 0.4) is 0 Å². The normalized spacial score (nSPS) is 10.3. The van der Waals surface area contributed by atoms with E-state index in [0.717, 1.165) is 22.0 Å². The van der Waals surface area contributed by atoms with Gasteiger partial charge in [-0.3, -0.25) is 4.98 Å². The fraction of sp³-hybridized carbons (Fsp3) is 0.273. The van der Waals surface area contributed by atoms with Crippen molar-refractivity contribution >= 4 is 38.9 Å². The third-order valence-corrected chi connectivity index (χ3v) is 3.86. The van der Waals surface area contributed by atoms with E-state index < -0.39 is 0 Å². The number of thiophene rings is 1. The topological polar surface area (TPSA) is 41.1 Å². The Kier molecular flexibility index (Phi) is 3.96. The highest BCUT2D eigenvalue weighted by Crippen LogP contribution is 2.22.